The normalized spacial score (nSPS) is 10.4. The van der Waals surface area contributed by atoms with Crippen molar-refractivity contribution in [2.75, 3.05) is 11.9 Å². The smallest absolute Gasteiger partial charge is 0.269 e. The van der Waals surface area contributed by atoms with Crippen LogP contribution in [-0.4, -0.2) is 12.0 Å². The van der Waals surface area contributed by atoms with Crippen molar-refractivity contribution in [2.45, 2.75) is 18.8 Å². The molecule has 0 saturated carbocycles. The van der Waals surface area contributed by atoms with Crippen LogP contribution in [-0.2, 0) is 11.9 Å². The van der Waals surface area contributed by atoms with Crippen LogP contribution in [0.15, 0.2) is 42.5 Å². The van der Waals surface area contributed by atoms with E-state index in [4.69, 9.17) is 0 Å². The molecule has 0 heterocycles. The molecule has 0 aliphatic carbocycles. The lowest BCUT2D eigenvalue weighted by atomic mass is 10.1. The Balaban J connectivity index is 2.23. The zero-order valence-corrected chi connectivity index (χ0v) is 13.6. The number of hydrogen-bond acceptors (Lipinski definition) is 3. The fraction of sp³-hybridized carbons (Fsp3) is 0.250. The average Bonchev–Trinajstić information content (AvgIpc) is 2.48. The molecule has 21 heavy (non-hydrogen) atoms. The van der Waals surface area contributed by atoms with E-state index in [1.807, 2.05) is 13.1 Å². The second-order valence-corrected chi connectivity index (χ2v) is 5.61. The number of nitrogens with zero attached hydrogens (tertiary/aromatic N) is 2. The molecule has 0 amide bonds. The van der Waals surface area contributed by atoms with Gasteiger partial charge < -0.3 is 4.90 Å². The van der Waals surface area contributed by atoms with Gasteiger partial charge in [0, 0.05) is 36.7 Å². The van der Waals surface area contributed by atoms with Crippen LogP contribution in [0.5, 0.6) is 0 Å². The van der Waals surface area contributed by atoms with Crippen molar-refractivity contribution in [3.63, 3.8) is 0 Å². The number of rotatable bonds is 5. The summed E-state index contributed by atoms with van der Waals surface area (Å²) in [4.78, 5) is 12.6. The Morgan fingerprint density at radius 1 is 1.19 bits per heavy atom. The van der Waals surface area contributed by atoms with E-state index < -0.39 is 0 Å². The van der Waals surface area contributed by atoms with Crippen LogP contribution < -0.4 is 4.90 Å². The molecular weight excluding hydrogens is 332 g/mol. The van der Waals surface area contributed by atoms with Crippen molar-refractivity contribution >= 4 is 27.3 Å². The highest BCUT2D eigenvalue weighted by Crippen LogP contribution is 2.27. The Kier molecular flexibility index (Phi) is 4.96. The van der Waals surface area contributed by atoms with Crippen molar-refractivity contribution in [1.29, 1.82) is 0 Å². The predicted molar refractivity (Wildman–Crippen MR) is 89.0 cm³/mol. The van der Waals surface area contributed by atoms with Gasteiger partial charge in [-0.05, 0) is 24.1 Å². The summed E-state index contributed by atoms with van der Waals surface area (Å²) in [6.45, 7) is 2.82. The maximum atomic E-state index is 10.8. The third kappa shape index (κ3) is 3.82. The Bertz CT molecular complexity index is 641. The molecule has 0 atom stereocenters. The van der Waals surface area contributed by atoms with E-state index in [1.165, 1.54) is 11.1 Å². The minimum Gasteiger partial charge on any atom is -0.370 e. The Morgan fingerprint density at radius 3 is 2.43 bits per heavy atom. The SMILES string of the molecule is Cc1ccc(CN(C)c2ccc([N+](=O)[O-])cc2CBr)cc1. The molecule has 0 aliphatic heterocycles. The first-order chi connectivity index (χ1) is 10.0. The van der Waals surface area contributed by atoms with Gasteiger partial charge >= 0.3 is 0 Å². The summed E-state index contributed by atoms with van der Waals surface area (Å²) in [6, 6.07) is 13.4. The van der Waals surface area contributed by atoms with Gasteiger partial charge in [-0.2, -0.15) is 0 Å². The molecule has 0 unspecified atom stereocenters. The topological polar surface area (TPSA) is 46.4 Å². The Labute approximate surface area is 132 Å². The van der Waals surface area contributed by atoms with Crippen LogP contribution >= 0.6 is 15.9 Å². The van der Waals surface area contributed by atoms with E-state index in [0.717, 1.165) is 17.8 Å². The summed E-state index contributed by atoms with van der Waals surface area (Å²) >= 11 is 3.41. The van der Waals surface area contributed by atoms with Crippen molar-refractivity contribution in [3.05, 3.63) is 69.3 Å². The lowest BCUT2D eigenvalue weighted by Gasteiger charge is -2.22. The molecule has 110 valence electrons. The summed E-state index contributed by atoms with van der Waals surface area (Å²) in [7, 11) is 1.99. The van der Waals surface area contributed by atoms with E-state index in [-0.39, 0.29) is 10.6 Å². The highest BCUT2D eigenvalue weighted by atomic mass is 79.9. The summed E-state index contributed by atoms with van der Waals surface area (Å²) in [5.74, 6) is 0. The summed E-state index contributed by atoms with van der Waals surface area (Å²) < 4.78 is 0. The highest BCUT2D eigenvalue weighted by Gasteiger charge is 2.13. The van der Waals surface area contributed by atoms with Crippen molar-refractivity contribution in [2.24, 2.45) is 0 Å². The lowest BCUT2D eigenvalue weighted by molar-refractivity contribution is -0.384. The van der Waals surface area contributed by atoms with Crippen LogP contribution in [0, 0.1) is 17.0 Å². The van der Waals surface area contributed by atoms with Gasteiger partial charge in [0.05, 0.1) is 4.92 Å². The third-order valence-electron chi connectivity index (χ3n) is 3.37. The number of nitro benzene ring substituents is 1. The van der Waals surface area contributed by atoms with Gasteiger partial charge in [-0.3, -0.25) is 10.1 Å². The number of benzene rings is 2. The lowest BCUT2D eigenvalue weighted by Crippen LogP contribution is -2.17. The van der Waals surface area contributed by atoms with Crippen molar-refractivity contribution < 1.29 is 4.92 Å². The van der Waals surface area contributed by atoms with Gasteiger partial charge in [0.1, 0.15) is 0 Å². The molecular formula is C16H17BrN2O2. The summed E-state index contributed by atoms with van der Waals surface area (Å²) in [5, 5.41) is 11.4. The number of nitro groups is 1. The van der Waals surface area contributed by atoms with Gasteiger partial charge in [-0.1, -0.05) is 45.8 Å². The fourth-order valence-corrected chi connectivity index (χ4v) is 2.67. The third-order valence-corrected chi connectivity index (χ3v) is 3.97. The molecule has 0 radical (unpaired) electrons. The number of non-ortho nitro benzene ring substituents is 1. The largest absolute Gasteiger partial charge is 0.370 e. The molecule has 0 spiro atoms. The predicted octanol–water partition coefficient (Wildman–Crippen LogP) is 4.43. The Morgan fingerprint density at radius 2 is 1.86 bits per heavy atom. The molecule has 2 aromatic rings. The maximum absolute atomic E-state index is 10.8. The van der Waals surface area contributed by atoms with Gasteiger partial charge in [-0.25, -0.2) is 0 Å². The molecule has 0 aromatic heterocycles. The van der Waals surface area contributed by atoms with Gasteiger partial charge in [0.2, 0.25) is 0 Å². The minimum atomic E-state index is -0.365. The maximum Gasteiger partial charge on any atom is 0.269 e. The van der Waals surface area contributed by atoms with Crippen LogP contribution in [0.25, 0.3) is 0 Å². The molecule has 0 N–H and O–H groups in total. The number of alkyl halides is 1. The van der Waals surface area contributed by atoms with Gasteiger partial charge in [0.15, 0.2) is 0 Å². The minimum absolute atomic E-state index is 0.122. The zero-order valence-electron chi connectivity index (χ0n) is 12.0. The average molecular weight is 349 g/mol. The summed E-state index contributed by atoms with van der Waals surface area (Å²) in [6.07, 6.45) is 0. The van der Waals surface area contributed by atoms with Crippen molar-refractivity contribution in [1.82, 2.24) is 0 Å². The molecule has 0 saturated heterocycles. The first-order valence-corrected chi connectivity index (χ1v) is 7.73. The standard InChI is InChI=1S/C16H17BrN2O2/c1-12-3-5-13(6-4-12)11-18(2)16-8-7-15(19(20)21)9-14(16)10-17/h3-9H,10-11H2,1-2H3. The number of halogens is 1. The number of aryl methyl sites for hydroxylation is 1. The van der Waals surface area contributed by atoms with Crippen LogP contribution in [0.4, 0.5) is 11.4 Å². The Hall–Kier alpha value is -1.88. The van der Waals surface area contributed by atoms with E-state index in [1.54, 1.807) is 12.1 Å². The van der Waals surface area contributed by atoms with Crippen molar-refractivity contribution in [3.8, 4) is 0 Å². The van der Waals surface area contributed by atoms with Crippen LogP contribution in [0.2, 0.25) is 0 Å². The van der Waals surface area contributed by atoms with E-state index >= 15 is 0 Å². The molecule has 4 nitrogen and oxygen atoms in total. The molecule has 5 heteroatoms. The number of hydrogen-bond donors (Lipinski definition) is 0. The molecule has 2 rings (SSSR count). The van der Waals surface area contributed by atoms with Gasteiger partial charge in [-0.15, -0.1) is 0 Å². The van der Waals surface area contributed by atoms with E-state index in [9.17, 15) is 10.1 Å². The summed E-state index contributed by atoms with van der Waals surface area (Å²) in [5.41, 5.74) is 4.48. The number of anilines is 1. The molecule has 0 fully saturated rings. The monoisotopic (exact) mass is 348 g/mol. The second kappa shape index (κ2) is 6.72. The van der Waals surface area contributed by atoms with Crippen LogP contribution in [0.3, 0.4) is 0 Å². The first kappa shape index (κ1) is 15.5. The molecule has 0 aliphatic rings. The highest BCUT2D eigenvalue weighted by molar-refractivity contribution is 9.08. The quantitative estimate of drug-likeness (QED) is 0.456. The molecule has 0 bridgehead atoms. The van der Waals surface area contributed by atoms with Crippen LogP contribution in [0.1, 0.15) is 16.7 Å². The first-order valence-electron chi connectivity index (χ1n) is 6.61. The zero-order chi connectivity index (χ0) is 15.4. The fourth-order valence-electron chi connectivity index (χ4n) is 2.22. The van der Waals surface area contributed by atoms with Gasteiger partial charge in [0.25, 0.3) is 5.69 Å². The molecule has 2 aromatic carbocycles. The second-order valence-electron chi connectivity index (χ2n) is 5.05. The van der Waals surface area contributed by atoms with E-state index in [0.29, 0.717) is 5.33 Å². The van der Waals surface area contributed by atoms with E-state index in [2.05, 4.69) is 52.0 Å².